The molecule has 1 heterocycles. The molecule has 0 aromatic carbocycles. The van der Waals surface area contributed by atoms with Crippen LogP contribution in [0.2, 0.25) is 0 Å². The van der Waals surface area contributed by atoms with Gasteiger partial charge in [-0.3, -0.25) is 0 Å². The first-order valence-corrected chi connectivity index (χ1v) is 4.77. The molecule has 0 aliphatic heterocycles. The minimum Gasteiger partial charge on any atom is -0.324 e. The number of aromatic nitrogens is 1. The minimum absolute atomic E-state index is 0.132. The van der Waals surface area contributed by atoms with Crippen LogP contribution in [0.25, 0.3) is 6.08 Å². The summed E-state index contributed by atoms with van der Waals surface area (Å²) in [7, 11) is 0. The molecule has 0 amide bonds. The Bertz CT molecular complexity index is 286. The van der Waals surface area contributed by atoms with E-state index in [-0.39, 0.29) is 6.04 Å². The predicted molar refractivity (Wildman–Crippen MR) is 54.2 cm³/mol. The van der Waals surface area contributed by atoms with Gasteiger partial charge in [-0.25, -0.2) is 4.98 Å². The van der Waals surface area contributed by atoms with Gasteiger partial charge in [0.15, 0.2) is 0 Å². The first-order valence-electron chi connectivity index (χ1n) is 3.96. The molecule has 1 unspecified atom stereocenters. The molecule has 0 aliphatic rings. The number of rotatable bonds is 2. The molecule has 1 aromatic rings. The van der Waals surface area contributed by atoms with E-state index in [0.717, 1.165) is 5.01 Å². The van der Waals surface area contributed by atoms with Gasteiger partial charge in [-0.2, -0.15) is 0 Å². The Morgan fingerprint density at radius 1 is 1.75 bits per heavy atom. The zero-order valence-corrected chi connectivity index (χ0v) is 8.48. The van der Waals surface area contributed by atoms with Crippen LogP contribution in [0.3, 0.4) is 0 Å². The quantitative estimate of drug-likeness (QED) is 0.761. The summed E-state index contributed by atoms with van der Waals surface area (Å²) in [5.74, 6) is 0. The summed E-state index contributed by atoms with van der Waals surface area (Å²) in [4.78, 5) is 5.34. The summed E-state index contributed by atoms with van der Waals surface area (Å²) in [6.07, 6.45) is 3.97. The average molecular weight is 182 g/mol. The largest absolute Gasteiger partial charge is 0.324 e. The molecule has 66 valence electrons. The van der Waals surface area contributed by atoms with Crippen LogP contribution >= 0.6 is 11.3 Å². The summed E-state index contributed by atoms with van der Waals surface area (Å²) in [5.41, 5.74) is 6.90. The van der Waals surface area contributed by atoms with Crippen LogP contribution in [-0.4, -0.2) is 11.0 Å². The highest BCUT2D eigenvalue weighted by Gasteiger charge is 1.98. The zero-order valence-electron chi connectivity index (χ0n) is 7.66. The molecule has 0 aliphatic carbocycles. The highest BCUT2D eigenvalue weighted by atomic mass is 32.1. The maximum absolute atomic E-state index is 5.71. The second-order valence-corrected chi connectivity index (χ2v) is 4.23. The lowest BCUT2D eigenvalue weighted by Crippen LogP contribution is -2.15. The average Bonchev–Trinajstić information content (AvgIpc) is 2.35. The van der Waals surface area contributed by atoms with Crippen molar-refractivity contribution in [2.24, 2.45) is 5.73 Å². The second kappa shape index (κ2) is 3.83. The van der Waals surface area contributed by atoms with Crippen molar-refractivity contribution < 1.29 is 0 Å². The van der Waals surface area contributed by atoms with Gasteiger partial charge >= 0.3 is 0 Å². The van der Waals surface area contributed by atoms with Crippen molar-refractivity contribution in [2.45, 2.75) is 26.8 Å². The van der Waals surface area contributed by atoms with E-state index in [0.29, 0.717) is 0 Å². The fraction of sp³-hybridized carbons (Fsp3) is 0.444. The van der Waals surface area contributed by atoms with Crippen LogP contribution in [0.1, 0.15) is 23.7 Å². The molecule has 0 saturated carbocycles. The van der Waals surface area contributed by atoms with Crippen LogP contribution in [0.4, 0.5) is 0 Å². The van der Waals surface area contributed by atoms with Crippen LogP contribution in [0.5, 0.6) is 0 Å². The van der Waals surface area contributed by atoms with Gasteiger partial charge in [0, 0.05) is 17.1 Å². The lowest BCUT2D eigenvalue weighted by molar-refractivity contribution is 0.868. The predicted octanol–water partition coefficient (Wildman–Crippen LogP) is 2.20. The van der Waals surface area contributed by atoms with Crippen molar-refractivity contribution in [3.63, 3.8) is 0 Å². The molecule has 1 aromatic heterocycles. The maximum Gasteiger partial charge on any atom is 0.0900 e. The minimum atomic E-state index is 0.132. The van der Waals surface area contributed by atoms with E-state index in [1.807, 2.05) is 27.0 Å². The van der Waals surface area contributed by atoms with Crippen molar-refractivity contribution in [1.82, 2.24) is 4.98 Å². The van der Waals surface area contributed by atoms with Gasteiger partial charge in [0.25, 0.3) is 0 Å². The summed E-state index contributed by atoms with van der Waals surface area (Å²) in [5, 5.41) is 1.10. The number of aryl methyl sites for hydroxylation is 1. The van der Waals surface area contributed by atoms with Gasteiger partial charge in [-0.15, -0.1) is 11.3 Å². The molecule has 3 heteroatoms. The Balaban J connectivity index is 2.80. The number of hydrogen-bond donors (Lipinski definition) is 1. The van der Waals surface area contributed by atoms with Crippen LogP contribution in [-0.2, 0) is 0 Å². The molecular weight excluding hydrogens is 168 g/mol. The molecule has 0 radical (unpaired) electrons. The normalized spacial score (nSPS) is 14.8. The number of nitrogens with two attached hydrogens (primary N) is 1. The molecular formula is C9H14N2S. The molecule has 0 spiro atoms. The third-order valence-electron chi connectivity index (χ3n) is 1.73. The van der Waals surface area contributed by atoms with Crippen molar-refractivity contribution in [2.75, 3.05) is 0 Å². The summed E-state index contributed by atoms with van der Waals surface area (Å²) >= 11 is 1.69. The Labute approximate surface area is 77.1 Å². The van der Waals surface area contributed by atoms with Crippen molar-refractivity contribution >= 4 is 17.4 Å². The Hall–Kier alpha value is -0.670. The van der Waals surface area contributed by atoms with Gasteiger partial charge in [0.1, 0.15) is 0 Å². The summed E-state index contributed by atoms with van der Waals surface area (Å²) in [6, 6.07) is 0.132. The van der Waals surface area contributed by atoms with Crippen molar-refractivity contribution in [1.29, 1.82) is 0 Å². The van der Waals surface area contributed by atoms with Gasteiger partial charge in [0.2, 0.25) is 0 Å². The van der Waals surface area contributed by atoms with E-state index in [9.17, 15) is 0 Å². The topological polar surface area (TPSA) is 38.9 Å². The molecule has 0 saturated heterocycles. The lowest BCUT2D eigenvalue weighted by atomic mass is 10.1. The Kier molecular flexibility index (Phi) is 3.00. The second-order valence-electron chi connectivity index (χ2n) is 2.96. The van der Waals surface area contributed by atoms with Gasteiger partial charge in [0.05, 0.1) is 5.01 Å². The highest BCUT2D eigenvalue weighted by Crippen LogP contribution is 2.15. The van der Waals surface area contributed by atoms with E-state index in [1.54, 1.807) is 11.3 Å². The zero-order chi connectivity index (χ0) is 9.14. The van der Waals surface area contributed by atoms with E-state index < -0.39 is 0 Å². The molecule has 2 nitrogen and oxygen atoms in total. The molecule has 1 rings (SSSR count). The van der Waals surface area contributed by atoms with Crippen molar-refractivity contribution in [3.05, 3.63) is 21.7 Å². The van der Waals surface area contributed by atoms with Gasteiger partial charge in [-0.05, 0) is 26.8 Å². The molecule has 0 fully saturated rings. The lowest BCUT2D eigenvalue weighted by Gasteiger charge is -2.02. The monoisotopic (exact) mass is 182 g/mol. The Morgan fingerprint density at radius 3 is 2.83 bits per heavy atom. The van der Waals surface area contributed by atoms with E-state index >= 15 is 0 Å². The Morgan fingerprint density at radius 2 is 2.42 bits per heavy atom. The maximum atomic E-state index is 5.71. The number of nitrogens with zero attached hydrogens (tertiary/aromatic N) is 1. The van der Waals surface area contributed by atoms with Crippen LogP contribution in [0, 0.1) is 6.92 Å². The van der Waals surface area contributed by atoms with Gasteiger partial charge < -0.3 is 5.73 Å². The first kappa shape index (κ1) is 9.42. The fourth-order valence-corrected chi connectivity index (χ4v) is 1.60. The van der Waals surface area contributed by atoms with E-state index in [4.69, 9.17) is 5.73 Å². The number of thiazole rings is 1. The van der Waals surface area contributed by atoms with E-state index in [2.05, 4.69) is 11.1 Å². The standard InChI is InChI=1S/C9H14N2S/c1-6(7(2)10)4-9-5-11-8(3)12-9/h4-5,7H,10H2,1-3H3. The van der Waals surface area contributed by atoms with Gasteiger partial charge in [-0.1, -0.05) is 5.57 Å². The number of hydrogen-bond acceptors (Lipinski definition) is 3. The fourth-order valence-electron chi connectivity index (χ4n) is 0.800. The smallest absolute Gasteiger partial charge is 0.0900 e. The van der Waals surface area contributed by atoms with Crippen LogP contribution < -0.4 is 5.73 Å². The first-order chi connectivity index (χ1) is 5.59. The SMILES string of the molecule is CC(=Cc1cnc(C)s1)C(C)N. The summed E-state index contributed by atoms with van der Waals surface area (Å²) in [6.45, 7) is 6.03. The summed E-state index contributed by atoms with van der Waals surface area (Å²) < 4.78 is 0. The van der Waals surface area contributed by atoms with Crippen LogP contribution in [0.15, 0.2) is 11.8 Å². The third-order valence-corrected chi connectivity index (χ3v) is 2.59. The van der Waals surface area contributed by atoms with E-state index in [1.165, 1.54) is 10.5 Å². The molecule has 1 atom stereocenters. The molecule has 0 bridgehead atoms. The third kappa shape index (κ3) is 2.43. The van der Waals surface area contributed by atoms with Crippen molar-refractivity contribution in [3.8, 4) is 0 Å². The molecule has 12 heavy (non-hydrogen) atoms. The molecule has 2 N–H and O–H groups in total. The highest BCUT2D eigenvalue weighted by molar-refractivity contribution is 7.12.